The molecule has 1 aliphatic rings. The number of hydrogen-bond donors (Lipinski definition) is 0. The molecule has 1 aliphatic carbocycles. The van der Waals surface area contributed by atoms with Crippen molar-refractivity contribution >= 4 is 23.1 Å². The van der Waals surface area contributed by atoms with E-state index < -0.39 is 11.6 Å². The third kappa shape index (κ3) is 5.33. The van der Waals surface area contributed by atoms with E-state index in [1.54, 1.807) is 0 Å². The molecular weight excluding hydrogens is 372 g/mol. The van der Waals surface area contributed by atoms with Crippen LogP contribution < -0.4 is 0 Å². The lowest BCUT2D eigenvalue weighted by atomic mass is 9.78. The summed E-state index contributed by atoms with van der Waals surface area (Å²) in [6, 6.07) is 10.6. The quantitative estimate of drug-likeness (QED) is 0.340. The van der Waals surface area contributed by atoms with Gasteiger partial charge in [-0.2, -0.15) is 4.99 Å². The molecule has 1 saturated carbocycles. The molecule has 1 fully saturated rings. The van der Waals surface area contributed by atoms with Crippen molar-refractivity contribution in [2.75, 3.05) is 0 Å². The summed E-state index contributed by atoms with van der Waals surface area (Å²) in [7, 11) is 0. The van der Waals surface area contributed by atoms with Crippen molar-refractivity contribution in [3.63, 3.8) is 0 Å². The first-order valence-corrected chi connectivity index (χ1v) is 10.7. The van der Waals surface area contributed by atoms with Gasteiger partial charge in [-0.25, -0.2) is 8.78 Å². The van der Waals surface area contributed by atoms with Gasteiger partial charge in [0.15, 0.2) is 11.6 Å². The highest BCUT2D eigenvalue weighted by molar-refractivity contribution is 7.78. The van der Waals surface area contributed by atoms with Crippen molar-refractivity contribution in [1.82, 2.24) is 0 Å². The second-order valence-electron chi connectivity index (χ2n) is 7.90. The van der Waals surface area contributed by atoms with Crippen molar-refractivity contribution in [1.29, 1.82) is 0 Å². The second kappa shape index (κ2) is 10.0. The first-order valence-electron chi connectivity index (χ1n) is 10.3. The van der Waals surface area contributed by atoms with Crippen LogP contribution in [0.15, 0.2) is 41.4 Å². The van der Waals surface area contributed by atoms with Crippen LogP contribution in [-0.2, 0) is 6.42 Å². The maximum Gasteiger partial charge on any atom is 0.153 e. The van der Waals surface area contributed by atoms with Gasteiger partial charge in [-0.15, -0.1) is 0 Å². The molecule has 0 unspecified atom stereocenters. The summed E-state index contributed by atoms with van der Waals surface area (Å²) in [6.07, 6.45) is 10.5. The van der Waals surface area contributed by atoms with Crippen molar-refractivity contribution in [3.05, 3.63) is 53.6 Å². The number of aryl methyl sites for hydroxylation is 1. The molecule has 0 aliphatic heterocycles. The number of isothiocyanates is 1. The van der Waals surface area contributed by atoms with Gasteiger partial charge in [0, 0.05) is 0 Å². The van der Waals surface area contributed by atoms with E-state index >= 15 is 0 Å². The van der Waals surface area contributed by atoms with Gasteiger partial charge in [-0.1, -0.05) is 69.7 Å². The van der Waals surface area contributed by atoms with Crippen molar-refractivity contribution in [2.24, 2.45) is 16.8 Å². The van der Waals surface area contributed by atoms with Crippen LogP contribution in [0.5, 0.6) is 0 Å². The van der Waals surface area contributed by atoms with Gasteiger partial charge in [0.2, 0.25) is 0 Å². The zero-order valence-electron chi connectivity index (χ0n) is 16.4. The molecule has 4 heteroatoms. The fourth-order valence-electron chi connectivity index (χ4n) is 4.34. The number of benzene rings is 2. The molecule has 0 aromatic heterocycles. The molecule has 28 heavy (non-hydrogen) atoms. The van der Waals surface area contributed by atoms with Gasteiger partial charge in [0.1, 0.15) is 5.69 Å². The predicted molar refractivity (Wildman–Crippen MR) is 115 cm³/mol. The average Bonchev–Trinajstić information content (AvgIpc) is 2.71. The van der Waals surface area contributed by atoms with Crippen molar-refractivity contribution in [3.8, 4) is 11.1 Å². The Hall–Kier alpha value is -1.90. The van der Waals surface area contributed by atoms with E-state index in [9.17, 15) is 8.78 Å². The van der Waals surface area contributed by atoms with E-state index in [0.29, 0.717) is 5.56 Å². The first kappa shape index (κ1) is 20.8. The Labute approximate surface area is 171 Å². The highest BCUT2D eigenvalue weighted by atomic mass is 32.1. The van der Waals surface area contributed by atoms with Crippen molar-refractivity contribution in [2.45, 2.75) is 58.3 Å². The zero-order chi connectivity index (χ0) is 19.9. The Kier molecular flexibility index (Phi) is 7.47. The molecule has 1 nitrogen and oxygen atoms in total. The van der Waals surface area contributed by atoms with Crippen LogP contribution in [0, 0.1) is 23.5 Å². The third-order valence-corrected chi connectivity index (χ3v) is 6.06. The van der Waals surface area contributed by atoms with Crippen LogP contribution in [0.2, 0.25) is 0 Å². The maximum atomic E-state index is 14.0. The molecule has 0 atom stereocenters. The maximum absolute atomic E-state index is 14.0. The van der Waals surface area contributed by atoms with Gasteiger partial charge >= 0.3 is 0 Å². The number of halogens is 2. The van der Waals surface area contributed by atoms with E-state index in [4.69, 9.17) is 0 Å². The van der Waals surface area contributed by atoms with Crippen LogP contribution in [0.3, 0.4) is 0 Å². The van der Waals surface area contributed by atoms with E-state index in [-0.39, 0.29) is 5.69 Å². The fourth-order valence-corrected chi connectivity index (χ4v) is 4.43. The smallest absolute Gasteiger partial charge is 0.153 e. The first-order chi connectivity index (χ1) is 13.6. The van der Waals surface area contributed by atoms with Gasteiger partial charge in [0.25, 0.3) is 0 Å². The third-order valence-electron chi connectivity index (χ3n) is 5.97. The Balaban J connectivity index is 1.59. The largest absolute Gasteiger partial charge is 0.204 e. The molecule has 148 valence electrons. The Bertz CT molecular complexity index is 809. The van der Waals surface area contributed by atoms with Gasteiger partial charge in [-0.3, -0.25) is 0 Å². The topological polar surface area (TPSA) is 12.4 Å². The van der Waals surface area contributed by atoms with Crippen LogP contribution in [0.1, 0.15) is 57.4 Å². The number of thiocarbonyl (C=S) groups is 1. The highest BCUT2D eigenvalue weighted by Crippen LogP contribution is 2.34. The Morgan fingerprint density at radius 1 is 0.929 bits per heavy atom. The fraction of sp³-hybridized carbons (Fsp3) is 0.458. The summed E-state index contributed by atoms with van der Waals surface area (Å²) < 4.78 is 28.1. The normalized spacial score (nSPS) is 19.2. The van der Waals surface area contributed by atoms with E-state index in [0.717, 1.165) is 23.8 Å². The molecule has 0 N–H and O–H groups in total. The molecule has 0 amide bonds. The monoisotopic (exact) mass is 399 g/mol. The summed E-state index contributed by atoms with van der Waals surface area (Å²) in [5.74, 6) is 0.331. The van der Waals surface area contributed by atoms with E-state index in [1.165, 1.54) is 62.6 Å². The lowest BCUT2D eigenvalue weighted by Gasteiger charge is -2.28. The summed E-state index contributed by atoms with van der Waals surface area (Å²) >= 11 is 4.43. The lowest BCUT2D eigenvalue weighted by Crippen LogP contribution is -2.15. The molecule has 0 saturated heterocycles. The number of hydrogen-bond acceptors (Lipinski definition) is 2. The molecule has 3 rings (SSSR count). The van der Waals surface area contributed by atoms with Crippen LogP contribution in [0.4, 0.5) is 14.5 Å². The van der Waals surface area contributed by atoms with Gasteiger partial charge in [0.05, 0.1) is 5.16 Å². The lowest BCUT2D eigenvalue weighted by molar-refractivity contribution is 0.252. The van der Waals surface area contributed by atoms with E-state index in [2.05, 4.69) is 36.3 Å². The molecule has 2 aromatic rings. The van der Waals surface area contributed by atoms with Gasteiger partial charge < -0.3 is 0 Å². The molecular formula is C24H27F2NS. The molecule has 0 radical (unpaired) electrons. The summed E-state index contributed by atoms with van der Waals surface area (Å²) in [5, 5.41) is 2.01. The molecule has 0 spiro atoms. The molecule has 2 aromatic carbocycles. The van der Waals surface area contributed by atoms with Crippen LogP contribution >= 0.6 is 12.2 Å². The summed E-state index contributed by atoms with van der Waals surface area (Å²) in [5.41, 5.74) is 2.19. The van der Waals surface area contributed by atoms with Crippen molar-refractivity contribution < 1.29 is 8.78 Å². The number of aliphatic imine (C=N–C) groups is 1. The summed E-state index contributed by atoms with van der Waals surface area (Å²) in [4.78, 5) is 3.45. The minimum atomic E-state index is -0.727. The highest BCUT2D eigenvalue weighted by Gasteiger charge is 2.20. The van der Waals surface area contributed by atoms with Crippen LogP contribution in [-0.4, -0.2) is 5.16 Å². The minimum Gasteiger partial charge on any atom is -0.204 e. The zero-order valence-corrected chi connectivity index (χ0v) is 17.2. The summed E-state index contributed by atoms with van der Waals surface area (Å²) in [6.45, 7) is 2.28. The molecule has 0 heterocycles. The SMILES string of the molecule is CCCC1CCC(CCc2ccc(-c3cc(F)c(N=C=S)c(F)c3)cc2)CC1. The predicted octanol–water partition coefficient (Wildman–Crippen LogP) is 7.91. The average molecular weight is 400 g/mol. The van der Waals surface area contributed by atoms with Gasteiger partial charge in [-0.05, 0) is 65.7 Å². The molecule has 0 bridgehead atoms. The van der Waals surface area contributed by atoms with E-state index in [1.807, 2.05) is 17.3 Å². The standard InChI is InChI=1S/C24H27F2NS/c1-2-3-17-4-6-18(7-5-17)8-9-19-10-12-20(13-11-19)21-14-22(25)24(27-16-28)23(26)15-21/h10-15,17-18H,2-9H2,1H3. The Morgan fingerprint density at radius 3 is 2.04 bits per heavy atom. The van der Waals surface area contributed by atoms with Crippen LogP contribution in [0.25, 0.3) is 11.1 Å². The Morgan fingerprint density at radius 2 is 1.50 bits per heavy atom. The second-order valence-corrected chi connectivity index (χ2v) is 8.09. The number of rotatable bonds is 7. The minimum absolute atomic E-state index is 0.385. The number of nitrogens with zero attached hydrogens (tertiary/aromatic N) is 1.